The Bertz CT molecular complexity index is 748. The number of benzene rings is 1. The molecule has 1 amide bonds. The first-order valence-corrected chi connectivity index (χ1v) is 8.12. The topological polar surface area (TPSA) is 90.6 Å². The van der Waals surface area contributed by atoms with Crippen LogP contribution in [0.5, 0.6) is 0 Å². The van der Waals surface area contributed by atoms with E-state index in [1.807, 2.05) is 0 Å². The van der Waals surface area contributed by atoms with Gasteiger partial charge in [-0.3, -0.25) is 0 Å². The minimum atomic E-state index is -0.771. The highest BCUT2D eigenvalue weighted by Gasteiger charge is 2.19. The van der Waals surface area contributed by atoms with E-state index < -0.39 is 29.5 Å². The molecule has 0 radical (unpaired) electrons. The summed E-state index contributed by atoms with van der Waals surface area (Å²) in [7, 11) is 1.17. The van der Waals surface area contributed by atoms with Gasteiger partial charge in [-0.05, 0) is 49.7 Å². The second kappa shape index (κ2) is 8.21. The molecule has 1 unspecified atom stereocenters. The van der Waals surface area contributed by atoms with E-state index in [9.17, 15) is 14.0 Å². The number of rotatable bonds is 2. The lowest BCUT2D eigenvalue weighted by molar-refractivity contribution is 0.0518. The molecule has 0 heterocycles. The summed E-state index contributed by atoms with van der Waals surface area (Å²) in [4.78, 5) is 23.4. The molecule has 0 aromatic heterocycles. The zero-order valence-electron chi connectivity index (χ0n) is 14.6. The predicted molar refractivity (Wildman–Crippen MR) is 95.6 cm³/mol. The monoisotopic (exact) mass is 414 g/mol. The number of carbonyl (C=O) groups excluding carboxylic acids is 2. The van der Waals surface area contributed by atoms with E-state index in [0.29, 0.717) is 0 Å². The van der Waals surface area contributed by atoms with E-state index in [0.717, 1.165) is 6.07 Å². The first kappa shape index (κ1) is 20.8. The quantitative estimate of drug-likeness (QED) is 0.440. The van der Waals surface area contributed by atoms with Gasteiger partial charge in [-0.15, -0.1) is 0 Å². The number of hydrogen-bond donors (Lipinski definition) is 2. The maximum absolute atomic E-state index is 14.0. The summed E-state index contributed by atoms with van der Waals surface area (Å²) in [6.45, 7) is 6.84. The molecular weight excluding hydrogens is 395 g/mol. The first-order chi connectivity index (χ1) is 11.5. The lowest BCUT2D eigenvalue weighted by Crippen LogP contribution is -2.37. The maximum Gasteiger partial charge on any atom is 0.408 e. The molecule has 136 valence electrons. The number of esters is 1. The highest BCUT2D eigenvalue weighted by atomic mass is 79.9. The SMILES string of the molecule is COC(=O)c1cc(F)c(Br)c(C#CC(C)NC(=O)OC(C)(C)C)c1N. The number of hydrogen-bond acceptors (Lipinski definition) is 5. The van der Waals surface area contributed by atoms with Crippen LogP contribution in [-0.4, -0.2) is 30.8 Å². The van der Waals surface area contributed by atoms with E-state index in [1.165, 1.54) is 7.11 Å². The van der Waals surface area contributed by atoms with Gasteiger partial charge in [0.2, 0.25) is 0 Å². The van der Waals surface area contributed by atoms with Gasteiger partial charge in [0, 0.05) is 0 Å². The molecule has 0 fully saturated rings. The van der Waals surface area contributed by atoms with Gasteiger partial charge in [-0.1, -0.05) is 11.8 Å². The third kappa shape index (κ3) is 5.94. The van der Waals surface area contributed by atoms with Crippen LogP contribution < -0.4 is 11.1 Å². The molecule has 6 nitrogen and oxygen atoms in total. The van der Waals surface area contributed by atoms with E-state index >= 15 is 0 Å². The Morgan fingerprint density at radius 1 is 1.40 bits per heavy atom. The van der Waals surface area contributed by atoms with Gasteiger partial charge in [0.1, 0.15) is 11.4 Å². The number of nitrogens with two attached hydrogens (primary N) is 1. The minimum absolute atomic E-state index is 0.0166. The molecule has 0 aliphatic carbocycles. The molecule has 0 aliphatic heterocycles. The highest BCUT2D eigenvalue weighted by Crippen LogP contribution is 2.29. The molecule has 1 atom stereocenters. The zero-order valence-corrected chi connectivity index (χ0v) is 16.2. The Morgan fingerprint density at radius 3 is 2.52 bits per heavy atom. The fourth-order valence-corrected chi connectivity index (χ4v) is 2.17. The maximum atomic E-state index is 14.0. The van der Waals surface area contributed by atoms with E-state index in [-0.39, 0.29) is 21.3 Å². The van der Waals surface area contributed by atoms with Gasteiger partial charge >= 0.3 is 12.1 Å². The van der Waals surface area contributed by atoms with Crippen molar-refractivity contribution in [2.24, 2.45) is 0 Å². The van der Waals surface area contributed by atoms with Crippen LogP contribution >= 0.6 is 15.9 Å². The van der Waals surface area contributed by atoms with Crippen molar-refractivity contribution in [1.82, 2.24) is 5.32 Å². The highest BCUT2D eigenvalue weighted by molar-refractivity contribution is 9.10. The second-order valence-electron chi connectivity index (χ2n) is 6.14. The van der Waals surface area contributed by atoms with Crippen LogP contribution in [0.2, 0.25) is 0 Å². The van der Waals surface area contributed by atoms with Crippen molar-refractivity contribution >= 4 is 33.7 Å². The first-order valence-electron chi connectivity index (χ1n) is 7.33. The van der Waals surface area contributed by atoms with Crippen molar-refractivity contribution in [2.75, 3.05) is 12.8 Å². The molecule has 0 spiro atoms. The summed E-state index contributed by atoms with van der Waals surface area (Å²) in [5.74, 6) is 3.91. The van der Waals surface area contributed by atoms with Crippen molar-refractivity contribution in [2.45, 2.75) is 39.3 Å². The van der Waals surface area contributed by atoms with Crippen molar-refractivity contribution in [3.63, 3.8) is 0 Å². The number of nitrogens with one attached hydrogen (secondary N) is 1. The molecule has 1 rings (SSSR count). The van der Waals surface area contributed by atoms with Gasteiger partial charge in [-0.25, -0.2) is 14.0 Å². The van der Waals surface area contributed by atoms with Crippen LogP contribution in [-0.2, 0) is 9.47 Å². The minimum Gasteiger partial charge on any atom is -0.465 e. The summed E-state index contributed by atoms with van der Waals surface area (Å²) in [5.41, 5.74) is 5.21. The lowest BCUT2D eigenvalue weighted by atomic mass is 10.1. The summed E-state index contributed by atoms with van der Waals surface area (Å²) >= 11 is 3.06. The largest absolute Gasteiger partial charge is 0.465 e. The van der Waals surface area contributed by atoms with Gasteiger partial charge < -0.3 is 20.5 Å². The average molecular weight is 415 g/mol. The zero-order chi connectivity index (χ0) is 19.4. The second-order valence-corrected chi connectivity index (χ2v) is 6.93. The number of carbonyl (C=O) groups is 2. The van der Waals surface area contributed by atoms with Crippen molar-refractivity contribution in [3.8, 4) is 11.8 Å². The molecule has 0 saturated carbocycles. The Hall–Kier alpha value is -2.27. The third-order valence-electron chi connectivity index (χ3n) is 2.81. The lowest BCUT2D eigenvalue weighted by Gasteiger charge is -2.20. The molecule has 0 aliphatic rings. The summed E-state index contributed by atoms with van der Waals surface area (Å²) in [6, 6.07) is 0.379. The van der Waals surface area contributed by atoms with E-state index in [4.69, 9.17) is 10.5 Å². The average Bonchev–Trinajstić information content (AvgIpc) is 2.48. The Balaban J connectivity index is 3.08. The molecule has 25 heavy (non-hydrogen) atoms. The molecule has 0 saturated heterocycles. The molecule has 8 heteroatoms. The van der Waals surface area contributed by atoms with Crippen LogP contribution in [0.25, 0.3) is 0 Å². The molecule has 1 aromatic carbocycles. The van der Waals surface area contributed by atoms with Crippen molar-refractivity contribution in [1.29, 1.82) is 0 Å². The number of methoxy groups -OCH3 is 1. The number of ether oxygens (including phenoxy) is 2. The van der Waals surface area contributed by atoms with E-state index in [1.54, 1.807) is 27.7 Å². The van der Waals surface area contributed by atoms with Gasteiger partial charge in [0.05, 0.1) is 34.4 Å². The normalized spacial score (nSPS) is 11.8. The third-order valence-corrected chi connectivity index (χ3v) is 3.59. The number of anilines is 1. The standard InChI is InChI=1S/C17H20BrFN2O4/c1-9(21-16(23)25-17(2,3)4)6-7-10-13(18)12(19)8-11(14(10)20)15(22)24-5/h8-9H,20H2,1-5H3,(H,21,23). The smallest absolute Gasteiger partial charge is 0.408 e. The molecule has 0 bridgehead atoms. The van der Waals surface area contributed by atoms with Crippen LogP contribution in [0.3, 0.4) is 0 Å². The number of amides is 1. The Labute approximate surface area is 154 Å². The predicted octanol–water partition coefficient (Wildman–Crippen LogP) is 3.22. The van der Waals surface area contributed by atoms with Gasteiger partial charge in [0.15, 0.2) is 0 Å². The number of alkyl carbamates (subject to hydrolysis) is 1. The number of nitrogen functional groups attached to an aromatic ring is 1. The van der Waals surface area contributed by atoms with Crippen molar-refractivity contribution < 1.29 is 23.5 Å². The molecule has 3 N–H and O–H groups in total. The fraction of sp³-hybridized carbons (Fsp3) is 0.412. The molecular formula is C17H20BrFN2O4. The Morgan fingerprint density at radius 2 is 2.00 bits per heavy atom. The number of halogens is 2. The van der Waals surface area contributed by atoms with E-state index in [2.05, 4.69) is 37.8 Å². The fourth-order valence-electron chi connectivity index (χ4n) is 1.74. The summed E-state index contributed by atoms with van der Waals surface area (Å²) < 4.78 is 23.7. The van der Waals surface area contributed by atoms with Gasteiger partial charge in [-0.2, -0.15) is 0 Å². The van der Waals surface area contributed by atoms with Gasteiger partial charge in [0.25, 0.3) is 0 Å². The summed E-state index contributed by atoms with van der Waals surface area (Å²) in [5, 5.41) is 2.53. The van der Waals surface area contributed by atoms with Crippen LogP contribution in [0.15, 0.2) is 10.5 Å². The van der Waals surface area contributed by atoms with Crippen LogP contribution in [0.1, 0.15) is 43.6 Å². The Kier molecular flexibility index (Phi) is 6.82. The summed E-state index contributed by atoms with van der Waals surface area (Å²) in [6.07, 6.45) is -0.629. The van der Waals surface area contributed by atoms with Crippen LogP contribution in [0, 0.1) is 17.7 Å². The van der Waals surface area contributed by atoms with Crippen LogP contribution in [0.4, 0.5) is 14.9 Å². The van der Waals surface area contributed by atoms with Crippen molar-refractivity contribution in [3.05, 3.63) is 27.5 Å². The molecule has 1 aromatic rings.